The molecule has 1 aromatic rings. The van der Waals surface area contributed by atoms with E-state index in [1.165, 1.54) is 0 Å². The Labute approximate surface area is 133 Å². The molecule has 0 radical (unpaired) electrons. The number of aliphatic carboxylic acids is 1. The van der Waals surface area contributed by atoms with E-state index in [-0.39, 0.29) is 18.4 Å². The molecule has 4 nitrogen and oxygen atoms in total. The summed E-state index contributed by atoms with van der Waals surface area (Å²) in [5.74, 6) is -0.643. The number of carboxylic acids is 1. The molecule has 0 aliphatic carbocycles. The van der Waals surface area contributed by atoms with Crippen molar-refractivity contribution in [2.24, 2.45) is 11.8 Å². The van der Waals surface area contributed by atoms with Crippen molar-refractivity contribution < 1.29 is 14.7 Å². The zero-order chi connectivity index (χ0) is 15.6. The molecular formula is C15H18ClNO3S. The number of hydrogen-bond acceptors (Lipinski definition) is 3. The predicted octanol–water partition coefficient (Wildman–Crippen LogP) is 3.24. The van der Waals surface area contributed by atoms with Crippen LogP contribution < -0.4 is 0 Å². The van der Waals surface area contributed by atoms with Gasteiger partial charge < -0.3 is 10.0 Å². The fourth-order valence-corrected chi connectivity index (χ4v) is 3.52. The van der Waals surface area contributed by atoms with Gasteiger partial charge in [0.05, 0.1) is 11.5 Å². The number of amides is 1. The number of rotatable bonds is 4. The lowest BCUT2D eigenvalue weighted by molar-refractivity contribution is -0.142. The van der Waals surface area contributed by atoms with E-state index in [9.17, 15) is 14.7 Å². The first-order chi connectivity index (χ1) is 9.93. The number of carbonyl (C=O) groups excluding carboxylic acids is 1. The molecule has 0 spiro atoms. The minimum atomic E-state index is -0.841. The van der Waals surface area contributed by atoms with Crippen LogP contribution in [0.1, 0.15) is 24.2 Å². The number of likely N-dealkylation sites (tertiary alicyclic amines) is 1. The Morgan fingerprint density at radius 1 is 1.43 bits per heavy atom. The first-order valence-electron chi connectivity index (χ1n) is 6.88. The molecule has 1 saturated heterocycles. The van der Waals surface area contributed by atoms with Crippen LogP contribution >= 0.6 is 23.4 Å². The van der Waals surface area contributed by atoms with Crippen molar-refractivity contribution in [3.63, 3.8) is 0 Å². The fraction of sp³-hybridized carbons (Fsp3) is 0.467. The molecule has 0 bridgehead atoms. The normalized spacial score (nSPS) is 21.6. The predicted molar refractivity (Wildman–Crippen MR) is 84.0 cm³/mol. The molecule has 1 aliphatic heterocycles. The highest BCUT2D eigenvalue weighted by molar-refractivity contribution is 7.99. The molecule has 2 rings (SSSR count). The van der Waals surface area contributed by atoms with Crippen molar-refractivity contribution in [2.45, 2.75) is 18.7 Å². The third-order valence-corrected chi connectivity index (χ3v) is 4.88. The first-order valence-corrected chi connectivity index (χ1v) is 8.24. The van der Waals surface area contributed by atoms with Gasteiger partial charge in [-0.15, -0.1) is 11.8 Å². The molecule has 0 unspecified atom stereocenters. The Balaban J connectivity index is 2.24. The van der Waals surface area contributed by atoms with Crippen LogP contribution in [-0.2, 0) is 4.79 Å². The van der Waals surface area contributed by atoms with E-state index in [0.717, 1.165) is 10.6 Å². The lowest BCUT2D eigenvalue weighted by Crippen LogP contribution is -2.30. The Hall–Kier alpha value is -1.20. The smallest absolute Gasteiger partial charge is 0.308 e. The van der Waals surface area contributed by atoms with E-state index in [4.69, 9.17) is 11.6 Å². The first kappa shape index (κ1) is 16.2. The average Bonchev–Trinajstić information content (AvgIpc) is 2.82. The lowest BCUT2D eigenvalue weighted by atomic mass is 9.99. The SMILES string of the molecule is CCSc1ccc(Cl)cc1C(=O)N1C[C@@H](C)[C@H](C(=O)O)C1. The molecule has 114 valence electrons. The zero-order valence-corrected chi connectivity index (χ0v) is 13.6. The average molecular weight is 328 g/mol. The fourth-order valence-electron chi connectivity index (χ4n) is 2.58. The molecule has 1 aromatic carbocycles. The van der Waals surface area contributed by atoms with Gasteiger partial charge in [-0.25, -0.2) is 0 Å². The minimum absolute atomic E-state index is 0.0343. The van der Waals surface area contributed by atoms with Crippen LogP contribution in [0.15, 0.2) is 23.1 Å². The summed E-state index contributed by atoms with van der Waals surface area (Å²) < 4.78 is 0. The highest BCUT2D eigenvalue weighted by atomic mass is 35.5. The summed E-state index contributed by atoms with van der Waals surface area (Å²) >= 11 is 7.58. The van der Waals surface area contributed by atoms with E-state index >= 15 is 0 Å². The maximum absolute atomic E-state index is 12.7. The molecular weight excluding hydrogens is 310 g/mol. The van der Waals surface area contributed by atoms with Crippen LogP contribution in [-0.4, -0.2) is 40.7 Å². The summed E-state index contributed by atoms with van der Waals surface area (Å²) in [5.41, 5.74) is 0.563. The van der Waals surface area contributed by atoms with Gasteiger partial charge in [0.1, 0.15) is 0 Å². The molecule has 1 amide bonds. The summed E-state index contributed by atoms with van der Waals surface area (Å²) in [6.45, 7) is 4.62. The third-order valence-electron chi connectivity index (χ3n) is 3.69. The number of benzene rings is 1. The second-order valence-electron chi connectivity index (χ2n) is 5.21. The summed E-state index contributed by atoms with van der Waals surface area (Å²) in [6.07, 6.45) is 0. The quantitative estimate of drug-likeness (QED) is 0.862. The van der Waals surface area contributed by atoms with Crippen molar-refractivity contribution in [3.05, 3.63) is 28.8 Å². The van der Waals surface area contributed by atoms with Gasteiger partial charge >= 0.3 is 5.97 Å². The zero-order valence-electron chi connectivity index (χ0n) is 12.0. The number of halogens is 1. The molecule has 21 heavy (non-hydrogen) atoms. The van der Waals surface area contributed by atoms with Gasteiger partial charge in [0.2, 0.25) is 0 Å². The van der Waals surface area contributed by atoms with Crippen LogP contribution in [0.25, 0.3) is 0 Å². The second kappa shape index (κ2) is 6.71. The van der Waals surface area contributed by atoms with Crippen molar-refractivity contribution >= 4 is 35.2 Å². The van der Waals surface area contributed by atoms with Crippen LogP contribution in [0.4, 0.5) is 0 Å². The number of nitrogens with zero attached hydrogens (tertiary/aromatic N) is 1. The maximum atomic E-state index is 12.7. The number of carboxylic acid groups (broad SMARTS) is 1. The van der Waals surface area contributed by atoms with Gasteiger partial charge in [-0.1, -0.05) is 25.4 Å². The topological polar surface area (TPSA) is 57.6 Å². The van der Waals surface area contributed by atoms with E-state index in [1.54, 1.807) is 28.8 Å². The van der Waals surface area contributed by atoms with Gasteiger partial charge in [0.25, 0.3) is 5.91 Å². The monoisotopic (exact) mass is 327 g/mol. The number of carbonyl (C=O) groups is 2. The van der Waals surface area contributed by atoms with Crippen LogP contribution in [0.5, 0.6) is 0 Å². The van der Waals surface area contributed by atoms with Gasteiger partial charge in [0, 0.05) is 23.0 Å². The van der Waals surface area contributed by atoms with Gasteiger partial charge in [0.15, 0.2) is 0 Å². The molecule has 1 aliphatic rings. The Morgan fingerprint density at radius 2 is 2.14 bits per heavy atom. The summed E-state index contributed by atoms with van der Waals surface area (Å²) in [6, 6.07) is 5.28. The van der Waals surface area contributed by atoms with Crippen LogP contribution in [0, 0.1) is 11.8 Å². The molecule has 1 fully saturated rings. The van der Waals surface area contributed by atoms with Gasteiger partial charge in [-0.2, -0.15) is 0 Å². The highest BCUT2D eigenvalue weighted by Gasteiger charge is 2.37. The summed E-state index contributed by atoms with van der Waals surface area (Å²) in [7, 11) is 0. The Bertz CT molecular complexity index is 564. The van der Waals surface area contributed by atoms with Gasteiger partial charge in [-0.3, -0.25) is 9.59 Å². The molecule has 6 heteroatoms. The van der Waals surface area contributed by atoms with Crippen molar-refractivity contribution in [1.29, 1.82) is 0 Å². The molecule has 0 saturated carbocycles. The van der Waals surface area contributed by atoms with Crippen LogP contribution in [0.3, 0.4) is 0 Å². The largest absolute Gasteiger partial charge is 0.481 e. The maximum Gasteiger partial charge on any atom is 0.308 e. The molecule has 0 aromatic heterocycles. The second-order valence-corrected chi connectivity index (χ2v) is 6.95. The van der Waals surface area contributed by atoms with E-state index in [2.05, 4.69) is 0 Å². The van der Waals surface area contributed by atoms with Crippen molar-refractivity contribution in [3.8, 4) is 0 Å². The Morgan fingerprint density at radius 3 is 2.71 bits per heavy atom. The molecule has 1 heterocycles. The van der Waals surface area contributed by atoms with Crippen molar-refractivity contribution in [2.75, 3.05) is 18.8 Å². The third kappa shape index (κ3) is 3.52. The highest BCUT2D eigenvalue weighted by Crippen LogP contribution is 2.30. The summed E-state index contributed by atoms with van der Waals surface area (Å²) in [5, 5.41) is 9.69. The minimum Gasteiger partial charge on any atom is -0.481 e. The standard InChI is InChI=1S/C15H18ClNO3S/c1-3-21-13-5-4-10(16)6-11(13)14(18)17-7-9(2)12(8-17)15(19)20/h4-6,9,12H,3,7-8H2,1-2H3,(H,19,20)/t9-,12-/m1/s1. The Kier molecular flexibility index (Phi) is 5.17. The van der Waals surface area contributed by atoms with E-state index < -0.39 is 11.9 Å². The lowest BCUT2D eigenvalue weighted by Gasteiger charge is -2.18. The van der Waals surface area contributed by atoms with Crippen molar-refractivity contribution in [1.82, 2.24) is 4.90 Å². The van der Waals surface area contributed by atoms with E-state index in [1.807, 2.05) is 19.9 Å². The molecule has 2 atom stereocenters. The van der Waals surface area contributed by atoms with Crippen LogP contribution in [0.2, 0.25) is 5.02 Å². The number of thioether (sulfide) groups is 1. The molecule has 1 N–H and O–H groups in total. The van der Waals surface area contributed by atoms with Gasteiger partial charge in [-0.05, 0) is 29.9 Å². The van der Waals surface area contributed by atoms with E-state index in [0.29, 0.717) is 17.1 Å². The summed E-state index contributed by atoms with van der Waals surface area (Å²) in [4.78, 5) is 26.4. The number of hydrogen-bond donors (Lipinski definition) is 1.